The van der Waals surface area contributed by atoms with Crippen molar-refractivity contribution in [1.29, 1.82) is 0 Å². The molecule has 32 heavy (non-hydrogen) atoms. The number of amides is 1. The van der Waals surface area contributed by atoms with Crippen LogP contribution in [0.5, 0.6) is 0 Å². The highest BCUT2D eigenvalue weighted by molar-refractivity contribution is 8.23. The molecule has 1 saturated heterocycles. The summed E-state index contributed by atoms with van der Waals surface area (Å²) in [7, 11) is 0. The van der Waals surface area contributed by atoms with E-state index in [4.69, 9.17) is 17.0 Å². The summed E-state index contributed by atoms with van der Waals surface area (Å²) in [6, 6.07) is 20.0. The quantitative estimate of drug-likeness (QED) is 0.392. The van der Waals surface area contributed by atoms with Gasteiger partial charge in [-0.15, -0.1) is 6.58 Å². The van der Waals surface area contributed by atoms with E-state index in [9.17, 15) is 9.90 Å². The normalized spacial score (nSPS) is 18.4. The highest BCUT2D eigenvalue weighted by Gasteiger charge is 2.40. The van der Waals surface area contributed by atoms with Crippen LogP contribution in [0.25, 0.3) is 0 Å². The zero-order chi connectivity index (χ0) is 23.1. The number of aliphatic hydroxyl groups excluding tert-OH is 1. The first-order valence-electron chi connectivity index (χ1n) is 10.8. The van der Waals surface area contributed by atoms with Gasteiger partial charge in [0.2, 0.25) is 5.91 Å². The van der Waals surface area contributed by atoms with Crippen molar-refractivity contribution < 1.29 is 14.6 Å². The molecule has 2 aromatic carbocycles. The van der Waals surface area contributed by atoms with E-state index in [0.29, 0.717) is 10.9 Å². The first-order valence-corrected chi connectivity index (χ1v) is 12.2. The van der Waals surface area contributed by atoms with Crippen LogP contribution in [0, 0.1) is 5.41 Å². The van der Waals surface area contributed by atoms with Crippen molar-refractivity contribution >= 4 is 34.2 Å². The minimum absolute atomic E-state index is 0.00208. The molecule has 0 spiro atoms. The van der Waals surface area contributed by atoms with Crippen LogP contribution >= 0.6 is 24.0 Å². The molecular formula is C26H31NO3S2. The molecule has 0 bridgehead atoms. The van der Waals surface area contributed by atoms with Crippen molar-refractivity contribution in [1.82, 2.24) is 4.90 Å². The maximum absolute atomic E-state index is 13.2. The van der Waals surface area contributed by atoms with Crippen molar-refractivity contribution in [3.63, 3.8) is 0 Å². The molecule has 1 aliphatic rings. The Labute approximate surface area is 200 Å². The van der Waals surface area contributed by atoms with Crippen LogP contribution in [0.1, 0.15) is 31.4 Å². The molecule has 4 nitrogen and oxygen atoms in total. The molecule has 0 radical (unpaired) electrons. The Balaban J connectivity index is 1.63. The Morgan fingerprint density at radius 2 is 1.81 bits per heavy atom. The molecule has 6 heteroatoms. The first kappa shape index (κ1) is 24.6. The number of rotatable bonds is 10. The second-order valence-corrected chi connectivity index (χ2v) is 10.3. The van der Waals surface area contributed by atoms with Gasteiger partial charge in [-0.05, 0) is 17.5 Å². The number of carbonyl (C=O) groups is 1. The van der Waals surface area contributed by atoms with Gasteiger partial charge in [-0.25, -0.2) is 0 Å². The van der Waals surface area contributed by atoms with Gasteiger partial charge in [0, 0.05) is 11.2 Å². The van der Waals surface area contributed by atoms with Crippen LogP contribution in [0.4, 0.5) is 0 Å². The Morgan fingerprint density at radius 1 is 1.22 bits per heavy atom. The summed E-state index contributed by atoms with van der Waals surface area (Å²) in [5, 5.41) is 11.0. The zero-order valence-electron chi connectivity index (χ0n) is 18.6. The van der Waals surface area contributed by atoms with Crippen LogP contribution in [-0.2, 0) is 22.6 Å². The van der Waals surface area contributed by atoms with E-state index in [1.807, 2.05) is 62.4 Å². The van der Waals surface area contributed by atoms with Crippen molar-refractivity contribution in [3.05, 3.63) is 84.4 Å². The SMILES string of the molecule is C=C[C@H](OCc1ccccc1)C(C)(C)[C@@H](O)CC(=O)N1C(=S)SC[C@H]1Cc1ccccc1. The van der Waals surface area contributed by atoms with Gasteiger partial charge >= 0.3 is 0 Å². The van der Waals surface area contributed by atoms with E-state index >= 15 is 0 Å². The Hall–Kier alpha value is -1.99. The third-order valence-electron chi connectivity index (χ3n) is 5.99. The summed E-state index contributed by atoms with van der Waals surface area (Å²) >= 11 is 7.00. The second-order valence-electron chi connectivity index (χ2n) is 8.68. The number of hydrogen-bond acceptors (Lipinski definition) is 5. The molecule has 0 saturated carbocycles. The van der Waals surface area contributed by atoms with Gasteiger partial charge in [0.15, 0.2) is 0 Å². The number of ether oxygens (including phenoxy) is 1. The fourth-order valence-electron chi connectivity index (χ4n) is 3.87. The molecule has 170 valence electrons. The minimum atomic E-state index is -0.903. The average Bonchev–Trinajstić information content (AvgIpc) is 3.15. The molecule has 1 amide bonds. The van der Waals surface area contributed by atoms with Crippen molar-refractivity contribution in [2.75, 3.05) is 5.75 Å². The molecule has 1 aliphatic heterocycles. The van der Waals surface area contributed by atoms with E-state index in [2.05, 4.69) is 18.7 Å². The molecule has 0 aliphatic carbocycles. The molecule has 1 heterocycles. The summed E-state index contributed by atoms with van der Waals surface area (Å²) in [4.78, 5) is 14.9. The topological polar surface area (TPSA) is 49.8 Å². The predicted octanol–water partition coefficient (Wildman–Crippen LogP) is 5.01. The van der Waals surface area contributed by atoms with Gasteiger partial charge in [0.1, 0.15) is 4.32 Å². The van der Waals surface area contributed by atoms with Crippen LogP contribution in [-0.4, -0.2) is 44.2 Å². The van der Waals surface area contributed by atoms with Crippen LogP contribution < -0.4 is 0 Å². The number of hydrogen-bond donors (Lipinski definition) is 1. The van der Waals surface area contributed by atoms with E-state index in [1.165, 1.54) is 17.3 Å². The summed E-state index contributed by atoms with van der Waals surface area (Å²) in [6.45, 7) is 8.11. The van der Waals surface area contributed by atoms with Gasteiger partial charge in [0.25, 0.3) is 0 Å². The lowest BCUT2D eigenvalue weighted by Gasteiger charge is -2.37. The number of thioether (sulfide) groups is 1. The van der Waals surface area contributed by atoms with E-state index in [-0.39, 0.29) is 18.4 Å². The molecule has 1 fully saturated rings. The largest absolute Gasteiger partial charge is 0.392 e. The number of carbonyl (C=O) groups excluding carboxylic acids is 1. The van der Waals surface area contributed by atoms with Crippen molar-refractivity contribution in [2.24, 2.45) is 5.41 Å². The lowest BCUT2D eigenvalue weighted by molar-refractivity contribution is -0.135. The van der Waals surface area contributed by atoms with Gasteiger partial charge in [-0.1, -0.05) is 105 Å². The summed E-state index contributed by atoms with van der Waals surface area (Å²) in [5.41, 5.74) is 1.52. The standard InChI is InChI=1S/C26H31NO3S2/c1-4-23(30-17-20-13-9-6-10-14-20)26(2,3)22(28)16-24(29)27-21(18-32-25(27)31)15-19-11-7-5-8-12-19/h4-14,21-23,28H,1,15-18H2,2-3H3/t21-,22+,23+/m1/s1. The first-order chi connectivity index (χ1) is 15.3. The average molecular weight is 470 g/mol. The lowest BCUT2D eigenvalue weighted by Crippen LogP contribution is -2.46. The van der Waals surface area contributed by atoms with E-state index in [1.54, 1.807) is 11.0 Å². The fourth-order valence-corrected chi connectivity index (χ4v) is 5.31. The third kappa shape index (κ3) is 6.07. The molecule has 1 N–H and O–H groups in total. The van der Waals surface area contributed by atoms with Gasteiger partial charge in [0.05, 0.1) is 31.3 Å². The van der Waals surface area contributed by atoms with Crippen LogP contribution in [0.15, 0.2) is 73.3 Å². The predicted molar refractivity (Wildman–Crippen MR) is 135 cm³/mol. The summed E-state index contributed by atoms with van der Waals surface area (Å²) < 4.78 is 6.64. The number of thiocarbonyl (C=S) groups is 1. The third-order valence-corrected chi connectivity index (χ3v) is 7.54. The molecule has 3 atom stereocenters. The van der Waals surface area contributed by atoms with E-state index in [0.717, 1.165) is 17.7 Å². The molecular weight excluding hydrogens is 438 g/mol. The molecule has 0 aromatic heterocycles. The smallest absolute Gasteiger partial charge is 0.230 e. The van der Waals surface area contributed by atoms with Crippen molar-refractivity contribution in [2.45, 2.75) is 51.5 Å². The second kappa shape index (κ2) is 11.2. The van der Waals surface area contributed by atoms with Gasteiger partial charge < -0.3 is 9.84 Å². The molecule has 2 aromatic rings. The Morgan fingerprint density at radius 3 is 2.41 bits per heavy atom. The number of benzene rings is 2. The highest BCUT2D eigenvalue weighted by atomic mass is 32.2. The maximum atomic E-state index is 13.2. The fraction of sp³-hybridized carbons (Fsp3) is 0.385. The molecule has 0 unspecified atom stereocenters. The zero-order valence-corrected chi connectivity index (χ0v) is 20.3. The summed E-state index contributed by atoms with van der Waals surface area (Å²) in [5.74, 6) is 0.626. The monoisotopic (exact) mass is 469 g/mol. The van der Waals surface area contributed by atoms with Crippen LogP contribution in [0.2, 0.25) is 0 Å². The lowest BCUT2D eigenvalue weighted by atomic mass is 9.79. The highest BCUT2D eigenvalue weighted by Crippen LogP contribution is 2.33. The molecule has 3 rings (SSSR count). The Bertz CT molecular complexity index is 917. The maximum Gasteiger partial charge on any atom is 0.230 e. The number of aliphatic hydroxyl groups is 1. The minimum Gasteiger partial charge on any atom is -0.392 e. The van der Waals surface area contributed by atoms with Gasteiger partial charge in [-0.3, -0.25) is 9.69 Å². The van der Waals surface area contributed by atoms with Crippen LogP contribution in [0.3, 0.4) is 0 Å². The summed E-state index contributed by atoms with van der Waals surface area (Å²) in [6.07, 6.45) is 1.11. The van der Waals surface area contributed by atoms with Crippen molar-refractivity contribution in [3.8, 4) is 0 Å². The Kier molecular flexibility index (Phi) is 8.65. The van der Waals surface area contributed by atoms with E-state index < -0.39 is 17.6 Å². The van der Waals surface area contributed by atoms with Gasteiger partial charge in [-0.2, -0.15) is 0 Å². The number of nitrogens with zero attached hydrogens (tertiary/aromatic N) is 1.